The molecule has 0 fully saturated rings. The molecule has 0 saturated carbocycles. The van der Waals surface area contributed by atoms with Crippen molar-refractivity contribution in [3.63, 3.8) is 0 Å². The van der Waals surface area contributed by atoms with E-state index in [4.69, 9.17) is 0 Å². The highest BCUT2D eigenvalue weighted by Gasteiger charge is 2.14. The van der Waals surface area contributed by atoms with Crippen LogP contribution in [0, 0.1) is 20.8 Å². The van der Waals surface area contributed by atoms with Crippen LogP contribution in [0.1, 0.15) is 23.6 Å². The van der Waals surface area contributed by atoms with Crippen LogP contribution >= 0.6 is 0 Å². The van der Waals surface area contributed by atoms with Crippen LogP contribution in [0.2, 0.25) is 0 Å². The van der Waals surface area contributed by atoms with Crippen molar-refractivity contribution in [2.45, 2.75) is 27.7 Å². The Bertz CT molecular complexity index is 839. The third-order valence-electron chi connectivity index (χ3n) is 4.31. The van der Waals surface area contributed by atoms with E-state index in [1.807, 2.05) is 0 Å². The van der Waals surface area contributed by atoms with E-state index in [9.17, 15) is 4.79 Å². The molecule has 0 radical (unpaired) electrons. The van der Waals surface area contributed by atoms with E-state index in [0.717, 1.165) is 27.9 Å². The number of carbonyl (C=O) groups excluding carboxylic acids is 1. The maximum Gasteiger partial charge on any atom is 0.221 e. The fraction of sp³-hybridized carbons (Fsp3) is 0.174. The minimum absolute atomic E-state index is 0.0643. The van der Waals surface area contributed by atoms with Gasteiger partial charge in [-0.05, 0) is 49.6 Å². The van der Waals surface area contributed by atoms with Gasteiger partial charge in [-0.15, -0.1) is 0 Å². The summed E-state index contributed by atoms with van der Waals surface area (Å²) in [5, 5.41) is 3.06. The number of rotatable bonds is 3. The first-order valence-electron chi connectivity index (χ1n) is 8.50. The van der Waals surface area contributed by atoms with Gasteiger partial charge in [-0.1, -0.05) is 59.7 Å². The molecule has 0 atom stereocenters. The predicted octanol–water partition coefficient (Wildman–Crippen LogP) is 5.90. The van der Waals surface area contributed by atoms with Gasteiger partial charge in [0.25, 0.3) is 0 Å². The summed E-state index contributed by atoms with van der Waals surface area (Å²) in [5.74, 6) is -0.0643. The Morgan fingerprint density at radius 1 is 0.680 bits per heavy atom. The first-order valence-corrected chi connectivity index (χ1v) is 8.50. The fourth-order valence-corrected chi connectivity index (χ4v) is 3.02. The van der Waals surface area contributed by atoms with Gasteiger partial charge in [0.2, 0.25) is 5.91 Å². The zero-order valence-corrected chi connectivity index (χ0v) is 15.2. The SMILES string of the molecule is CC(=O)Nc1c(-c2ccc(C)cc2)cc(C)cc1-c1ccc(C)cc1. The van der Waals surface area contributed by atoms with Gasteiger partial charge in [-0.2, -0.15) is 0 Å². The highest BCUT2D eigenvalue weighted by atomic mass is 16.1. The zero-order chi connectivity index (χ0) is 18.0. The molecule has 0 bridgehead atoms. The standard InChI is InChI=1S/C23H23NO/c1-15-5-9-19(10-6-15)21-13-17(3)14-22(23(21)24-18(4)25)20-11-7-16(2)8-12-20/h5-14H,1-4H3,(H,24,25). The number of hydrogen-bond acceptors (Lipinski definition) is 1. The fourth-order valence-electron chi connectivity index (χ4n) is 3.02. The zero-order valence-electron chi connectivity index (χ0n) is 15.2. The summed E-state index contributed by atoms with van der Waals surface area (Å²) in [6.45, 7) is 7.80. The Labute approximate surface area is 149 Å². The largest absolute Gasteiger partial charge is 0.325 e. The van der Waals surface area contributed by atoms with Crippen LogP contribution in [-0.2, 0) is 4.79 Å². The highest BCUT2D eigenvalue weighted by Crippen LogP contribution is 2.38. The summed E-state index contributed by atoms with van der Waals surface area (Å²) >= 11 is 0. The summed E-state index contributed by atoms with van der Waals surface area (Å²) in [7, 11) is 0. The third-order valence-corrected chi connectivity index (χ3v) is 4.31. The average molecular weight is 329 g/mol. The van der Waals surface area contributed by atoms with Gasteiger partial charge in [0.1, 0.15) is 0 Å². The maximum atomic E-state index is 11.9. The van der Waals surface area contributed by atoms with Crippen LogP contribution in [0.15, 0.2) is 60.7 Å². The van der Waals surface area contributed by atoms with Crippen molar-refractivity contribution in [2.24, 2.45) is 0 Å². The van der Waals surface area contributed by atoms with Crippen molar-refractivity contribution >= 4 is 11.6 Å². The molecule has 0 unspecified atom stereocenters. The summed E-state index contributed by atoms with van der Waals surface area (Å²) < 4.78 is 0. The Hall–Kier alpha value is -2.87. The van der Waals surface area contributed by atoms with Crippen LogP contribution in [0.4, 0.5) is 5.69 Å². The molecule has 1 amide bonds. The van der Waals surface area contributed by atoms with Gasteiger partial charge < -0.3 is 5.32 Å². The minimum Gasteiger partial charge on any atom is -0.325 e. The van der Waals surface area contributed by atoms with E-state index in [1.54, 1.807) is 6.92 Å². The number of anilines is 1. The first kappa shape index (κ1) is 17.0. The number of benzene rings is 3. The lowest BCUT2D eigenvalue weighted by Gasteiger charge is -2.17. The predicted molar refractivity (Wildman–Crippen MR) is 106 cm³/mol. The molecule has 2 nitrogen and oxygen atoms in total. The number of hydrogen-bond donors (Lipinski definition) is 1. The van der Waals surface area contributed by atoms with Crippen molar-refractivity contribution in [1.29, 1.82) is 0 Å². The summed E-state index contributed by atoms with van der Waals surface area (Å²) in [4.78, 5) is 11.9. The van der Waals surface area contributed by atoms with Crippen molar-refractivity contribution in [3.05, 3.63) is 77.4 Å². The van der Waals surface area contributed by atoms with E-state index >= 15 is 0 Å². The second kappa shape index (κ2) is 6.94. The maximum absolute atomic E-state index is 11.9. The quantitative estimate of drug-likeness (QED) is 0.636. The smallest absolute Gasteiger partial charge is 0.221 e. The van der Waals surface area contributed by atoms with Gasteiger partial charge in [-0.25, -0.2) is 0 Å². The molecule has 0 saturated heterocycles. The van der Waals surface area contributed by atoms with Crippen molar-refractivity contribution in [3.8, 4) is 22.3 Å². The normalized spacial score (nSPS) is 10.6. The lowest BCUT2D eigenvalue weighted by Crippen LogP contribution is -2.09. The third kappa shape index (κ3) is 3.80. The molecule has 2 heteroatoms. The second-order valence-corrected chi connectivity index (χ2v) is 6.65. The van der Waals surface area contributed by atoms with Crippen molar-refractivity contribution < 1.29 is 4.79 Å². The molecule has 3 rings (SSSR count). The average Bonchev–Trinajstić information content (AvgIpc) is 2.57. The lowest BCUT2D eigenvalue weighted by atomic mass is 9.93. The molecule has 3 aromatic carbocycles. The summed E-state index contributed by atoms with van der Waals surface area (Å²) in [6.07, 6.45) is 0. The van der Waals surface area contributed by atoms with E-state index in [0.29, 0.717) is 0 Å². The topological polar surface area (TPSA) is 29.1 Å². The second-order valence-electron chi connectivity index (χ2n) is 6.65. The molecule has 0 aliphatic rings. The van der Waals surface area contributed by atoms with Crippen LogP contribution in [0.3, 0.4) is 0 Å². The molecule has 0 spiro atoms. The molecule has 1 N–H and O–H groups in total. The minimum atomic E-state index is -0.0643. The van der Waals surface area contributed by atoms with Crippen molar-refractivity contribution in [1.82, 2.24) is 0 Å². The van der Waals surface area contributed by atoms with Crippen molar-refractivity contribution in [2.75, 3.05) is 5.32 Å². The van der Waals surface area contributed by atoms with E-state index in [-0.39, 0.29) is 5.91 Å². The number of amides is 1. The van der Waals surface area contributed by atoms with Gasteiger partial charge in [0.05, 0.1) is 5.69 Å². The molecule has 3 aromatic rings. The molecule has 25 heavy (non-hydrogen) atoms. The van der Waals surface area contributed by atoms with Gasteiger partial charge in [-0.3, -0.25) is 4.79 Å². The number of nitrogens with one attached hydrogen (secondary N) is 1. The highest BCUT2D eigenvalue weighted by molar-refractivity contribution is 6.01. The monoisotopic (exact) mass is 329 g/mol. The van der Waals surface area contributed by atoms with Crippen LogP contribution in [0.5, 0.6) is 0 Å². The molecule has 0 aromatic heterocycles. The van der Waals surface area contributed by atoms with Crippen LogP contribution in [0.25, 0.3) is 22.3 Å². The molecule has 0 heterocycles. The number of carbonyl (C=O) groups is 1. The van der Waals surface area contributed by atoms with E-state index in [1.165, 1.54) is 16.7 Å². The first-order chi connectivity index (χ1) is 11.9. The molecular weight excluding hydrogens is 306 g/mol. The summed E-state index contributed by atoms with van der Waals surface area (Å²) in [5.41, 5.74) is 8.77. The summed E-state index contributed by atoms with van der Waals surface area (Å²) in [6, 6.07) is 21.1. The Morgan fingerprint density at radius 3 is 1.44 bits per heavy atom. The Kier molecular flexibility index (Phi) is 4.71. The van der Waals surface area contributed by atoms with E-state index in [2.05, 4.69) is 86.8 Å². The van der Waals surface area contributed by atoms with Crippen LogP contribution in [-0.4, -0.2) is 5.91 Å². The molecule has 0 aliphatic carbocycles. The number of aryl methyl sites for hydroxylation is 3. The molecular formula is C23H23NO. The van der Waals surface area contributed by atoms with Crippen LogP contribution < -0.4 is 5.32 Å². The lowest BCUT2D eigenvalue weighted by molar-refractivity contribution is -0.114. The molecule has 0 aliphatic heterocycles. The molecule has 126 valence electrons. The van der Waals surface area contributed by atoms with Gasteiger partial charge in [0.15, 0.2) is 0 Å². The van der Waals surface area contributed by atoms with Gasteiger partial charge in [0, 0.05) is 18.1 Å². The van der Waals surface area contributed by atoms with Gasteiger partial charge >= 0.3 is 0 Å². The van der Waals surface area contributed by atoms with E-state index < -0.39 is 0 Å². The Balaban J connectivity index is 2.25. The Morgan fingerprint density at radius 2 is 1.08 bits per heavy atom.